The van der Waals surface area contributed by atoms with Crippen molar-refractivity contribution in [2.75, 3.05) is 12.4 Å². The molecule has 2 aromatic rings. The van der Waals surface area contributed by atoms with E-state index in [1.807, 2.05) is 43.3 Å². The van der Waals surface area contributed by atoms with Gasteiger partial charge in [0.25, 0.3) is 5.69 Å². The zero-order valence-electron chi connectivity index (χ0n) is 10.3. The van der Waals surface area contributed by atoms with Crippen molar-refractivity contribution in [3.05, 3.63) is 58.1 Å². The lowest BCUT2D eigenvalue weighted by Crippen LogP contribution is -1.99. The van der Waals surface area contributed by atoms with Gasteiger partial charge >= 0.3 is 0 Å². The summed E-state index contributed by atoms with van der Waals surface area (Å²) in [6.07, 6.45) is 0. The Morgan fingerprint density at radius 3 is 2.33 bits per heavy atom. The summed E-state index contributed by atoms with van der Waals surface area (Å²) >= 11 is 0. The van der Waals surface area contributed by atoms with Crippen molar-refractivity contribution < 1.29 is 4.92 Å². The van der Waals surface area contributed by atoms with Crippen LogP contribution in [-0.4, -0.2) is 12.0 Å². The summed E-state index contributed by atoms with van der Waals surface area (Å²) < 4.78 is 0. The van der Waals surface area contributed by atoms with Gasteiger partial charge in [-0.15, -0.1) is 0 Å². The van der Waals surface area contributed by atoms with E-state index in [9.17, 15) is 10.1 Å². The maximum atomic E-state index is 11.1. The molecule has 4 heteroatoms. The van der Waals surface area contributed by atoms with Gasteiger partial charge in [0.2, 0.25) is 0 Å². The van der Waals surface area contributed by atoms with Crippen LogP contribution >= 0.6 is 0 Å². The molecule has 92 valence electrons. The van der Waals surface area contributed by atoms with Crippen molar-refractivity contribution in [2.45, 2.75) is 6.92 Å². The molecule has 0 saturated heterocycles. The van der Waals surface area contributed by atoms with Crippen LogP contribution in [0.3, 0.4) is 0 Å². The first kappa shape index (κ1) is 12.1. The molecular weight excluding hydrogens is 228 g/mol. The van der Waals surface area contributed by atoms with Gasteiger partial charge in [0.05, 0.1) is 4.92 Å². The Balaban J connectivity index is 2.62. The van der Waals surface area contributed by atoms with Crippen LogP contribution in [0.25, 0.3) is 11.1 Å². The smallest absolute Gasteiger partial charge is 0.293 e. The lowest BCUT2D eigenvalue weighted by Gasteiger charge is -2.09. The lowest BCUT2D eigenvalue weighted by atomic mass is 10.0. The first-order valence-corrected chi connectivity index (χ1v) is 5.65. The Bertz CT molecular complexity index is 580. The maximum Gasteiger partial charge on any atom is 0.293 e. The summed E-state index contributed by atoms with van der Waals surface area (Å²) in [5.74, 6) is 0. The second kappa shape index (κ2) is 4.87. The number of nitro benzene ring substituents is 1. The van der Waals surface area contributed by atoms with Gasteiger partial charge in [-0.3, -0.25) is 10.1 Å². The molecule has 0 aromatic heterocycles. The van der Waals surface area contributed by atoms with Crippen molar-refractivity contribution in [1.82, 2.24) is 0 Å². The Hall–Kier alpha value is -2.36. The first-order valence-electron chi connectivity index (χ1n) is 5.65. The van der Waals surface area contributed by atoms with Gasteiger partial charge in [-0.2, -0.15) is 0 Å². The van der Waals surface area contributed by atoms with Crippen molar-refractivity contribution in [1.29, 1.82) is 0 Å². The molecule has 0 saturated carbocycles. The van der Waals surface area contributed by atoms with E-state index < -0.39 is 0 Å². The minimum atomic E-state index is -0.356. The van der Waals surface area contributed by atoms with E-state index in [-0.39, 0.29) is 10.6 Å². The van der Waals surface area contributed by atoms with Crippen LogP contribution in [0.15, 0.2) is 42.5 Å². The van der Waals surface area contributed by atoms with Crippen LogP contribution in [0.1, 0.15) is 5.56 Å². The first-order chi connectivity index (χ1) is 8.63. The van der Waals surface area contributed by atoms with Crippen LogP contribution in [0.2, 0.25) is 0 Å². The normalized spacial score (nSPS) is 10.1. The average molecular weight is 242 g/mol. The quantitative estimate of drug-likeness (QED) is 0.660. The molecule has 0 spiro atoms. The molecule has 2 rings (SSSR count). The molecule has 0 bridgehead atoms. The predicted octanol–water partition coefficient (Wildman–Crippen LogP) is 3.61. The number of nitrogens with zero attached hydrogens (tertiary/aromatic N) is 1. The van der Waals surface area contributed by atoms with Crippen molar-refractivity contribution in [3.8, 4) is 11.1 Å². The van der Waals surface area contributed by atoms with Gasteiger partial charge in [0, 0.05) is 13.1 Å². The van der Waals surface area contributed by atoms with Crippen molar-refractivity contribution in [3.63, 3.8) is 0 Å². The number of anilines is 1. The van der Waals surface area contributed by atoms with E-state index in [2.05, 4.69) is 5.32 Å². The van der Waals surface area contributed by atoms with Gasteiger partial charge in [-0.25, -0.2) is 0 Å². The molecule has 0 aliphatic carbocycles. The highest BCUT2D eigenvalue weighted by molar-refractivity contribution is 5.76. The SMILES string of the molecule is CNc1c(C)cc(-c2ccccc2)cc1[N+](=O)[O-]. The van der Waals surface area contributed by atoms with Gasteiger partial charge in [0.1, 0.15) is 5.69 Å². The zero-order valence-corrected chi connectivity index (χ0v) is 10.3. The van der Waals surface area contributed by atoms with Crippen molar-refractivity contribution in [2.24, 2.45) is 0 Å². The Morgan fingerprint density at radius 2 is 1.78 bits per heavy atom. The largest absolute Gasteiger partial charge is 0.382 e. The van der Waals surface area contributed by atoms with Crippen LogP contribution in [0.5, 0.6) is 0 Å². The molecule has 0 heterocycles. The summed E-state index contributed by atoms with van der Waals surface area (Å²) in [7, 11) is 1.69. The second-order valence-corrected chi connectivity index (χ2v) is 4.06. The summed E-state index contributed by atoms with van der Waals surface area (Å²) in [4.78, 5) is 10.7. The summed E-state index contributed by atoms with van der Waals surface area (Å²) in [6.45, 7) is 1.87. The molecule has 0 aliphatic rings. The summed E-state index contributed by atoms with van der Waals surface area (Å²) in [5.41, 5.74) is 3.38. The monoisotopic (exact) mass is 242 g/mol. The minimum absolute atomic E-state index is 0.108. The van der Waals surface area contributed by atoms with E-state index in [4.69, 9.17) is 0 Å². The molecular formula is C14H14N2O2. The average Bonchev–Trinajstić information content (AvgIpc) is 2.38. The van der Waals surface area contributed by atoms with Crippen LogP contribution in [0, 0.1) is 17.0 Å². The topological polar surface area (TPSA) is 55.2 Å². The molecule has 0 amide bonds. The molecule has 0 radical (unpaired) electrons. The molecule has 0 aliphatic heterocycles. The molecule has 0 unspecified atom stereocenters. The molecule has 0 fully saturated rings. The van der Waals surface area contributed by atoms with Crippen LogP contribution in [0.4, 0.5) is 11.4 Å². The lowest BCUT2D eigenvalue weighted by molar-refractivity contribution is -0.383. The van der Waals surface area contributed by atoms with Crippen LogP contribution < -0.4 is 5.32 Å². The highest BCUT2D eigenvalue weighted by Crippen LogP contribution is 2.33. The predicted molar refractivity (Wildman–Crippen MR) is 72.8 cm³/mol. The second-order valence-electron chi connectivity index (χ2n) is 4.06. The van der Waals surface area contributed by atoms with Gasteiger partial charge in [-0.1, -0.05) is 30.3 Å². The van der Waals surface area contributed by atoms with E-state index >= 15 is 0 Å². The molecule has 0 atom stereocenters. The fraction of sp³-hybridized carbons (Fsp3) is 0.143. The molecule has 4 nitrogen and oxygen atoms in total. The third-order valence-electron chi connectivity index (χ3n) is 2.87. The van der Waals surface area contributed by atoms with Crippen LogP contribution in [-0.2, 0) is 0 Å². The fourth-order valence-electron chi connectivity index (χ4n) is 2.04. The van der Waals surface area contributed by atoms with E-state index in [0.717, 1.165) is 16.7 Å². The van der Waals surface area contributed by atoms with Gasteiger partial charge in [0.15, 0.2) is 0 Å². The Labute approximate surface area is 105 Å². The Kier molecular flexibility index (Phi) is 3.28. The molecule has 2 aromatic carbocycles. The summed E-state index contributed by atoms with van der Waals surface area (Å²) in [6, 6.07) is 13.2. The minimum Gasteiger partial charge on any atom is -0.382 e. The highest BCUT2D eigenvalue weighted by Gasteiger charge is 2.17. The standard InChI is InChI=1S/C14H14N2O2/c1-10-8-12(11-6-4-3-5-7-11)9-13(16(17)18)14(10)15-2/h3-9,15H,1-2H3. The number of nitrogens with one attached hydrogen (secondary N) is 1. The number of aryl methyl sites for hydroxylation is 1. The maximum absolute atomic E-state index is 11.1. The van der Waals surface area contributed by atoms with Gasteiger partial charge in [-0.05, 0) is 29.7 Å². The van der Waals surface area contributed by atoms with Crippen molar-refractivity contribution >= 4 is 11.4 Å². The third-order valence-corrected chi connectivity index (χ3v) is 2.87. The summed E-state index contributed by atoms with van der Waals surface area (Å²) in [5, 5.41) is 14.0. The zero-order chi connectivity index (χ0) is 13.1. The fourth-order valence-corrected chi connectivity index (χ4v) is 2.04. The molecule has 1 N–H and O–H groups in total. The van der Waals surface area contributed by atoms with E-state index in [1.165, 1.54) is 0 Å². The number of benzene rings is 2. The number of hydrogen-bond acceptors (Lipinski definition) is 3. The number of rotatable bonds is 3. The van der Waals surface area contributed by atoms with E-state index in [1.54, 1.807) is 13.1 Å². The third kappa shape index (κ3) is 2.18. The van der Waals surface area contributed by atoms with E-state index in [0.29, 0.717) is 5.69 Å². The highest BCUT2D eigenvalue weighted by atomic mass is 16.6. The number of hydrogen-bond donors (Lipinski definition) is 1. The number of nitro groups is 1. The molecule has 18 heavy (non-hydrogen) atoms. The Morgan fingerprint density at radius 1 is 1.11 bits per heavy atom. The van der Waals surface area contributed by atoms with Gasteiger partial charge < -0.3 is 5.32 Å².